The number of aliphatic imine (C=N–C) groups is 1. The molecule has 0 radical (unpaired) electrons. The SMILES string of the molecule is CN=C(NCCNC(=O)c1ccc(C(F)(F)F)cc1)N1CCN(c2ncccn2)CC1. The van der Waals surface area contributed by atoms with Crippen molar-refractivity contribution in [1.82, 2.24) is 25.5 Å². The van der Waals surface area contributed by atoms with Crippen molar-refractivity contribution in [2.24, 2.45) is 4.99 Å². The van der Waals surface area contributed by atoms with Gasteiger partial charge in [0.2, 0.25) is 5.95 Å². The Kier molecular flexibility index (Phi) is 7.27. The average Bonchev–Trinajstić information content (AvgIpc) is 2.79. The van der Waals surface area contributed by atoms with Crippen molar-refractivity contribution in [3.63, 3.8) is 0 Å². The molecule has 1 aromatic carbocycles. The molecule has 0 bridgehead atoms. The monoisotopic (exact) mass is 435 g/mol. The standard InChI is InChI=1S/C20H24F3N7O/c1-24-18(29-11-13-30(14-12-29)19-26-7-2-8-27-19)28-10-9-25-17(31)15-3-5-16(6-4-15)20(21,22)23/h2-8H,9-14H2,1H3,(H,24,28)(H,25,31). The number of halogens is 3. The molecule has 1 fully saturated rings. The normalized spacial score (nSPS) is 15.0. The highest BCUT2D eigenvalue weighted by atomic mass is 19.4. The molecule has 2 aromatic rings. The Morgan fingerprint density at radius 2 is 1.65 bits per heavy atom. The first-order chi connectivity index (χ1) is 14.9. The lowest BCUT2D eigenvalue weighted by molar-refractivity contribution is -0.137. The third kappa shape index (κ3) is 6.06. The number of piperazine rings is 1. The van der Waals surface area contributed by atoms with Crippen molar-refractivity contribution < 1.29 is 18.0 Å². The Bertz CT molecular complexity index is 880. The van der Waals surface area contributed by atoms with Crippen LogP contribution < -0.4 is 15.5 Å². The number of alkyl halides is 3. The van der Waals surface area contributed by atoms with E-state index in [2.05, 4.69) is 35.4 Å². The Hall–Kier alpha value is -3.37. The predicted octanol–water partition coefficient (Wildman–Crippen LogP) is 1.62. The fourth-order valence-electron chi connectivity index (χ4n) is 3.17. The molecule has 1 aromatic heterocycles. The van der Waals surface area contributed by atoms with Crippen molar-refractivity contribution in [2.45, 2.75) is 6.18 Å². The number of guanidine groups is 1. The Balaban J connectivity index is 1.41. The van der Waals surface area contributed by atoms with E-state index in [-0.39, 0.29) is 5.56 Å². The van der Waals surface area contributed by atoms with Crippen LogP contribution in [-0.4, -0.2) is 73.1 Å². The summed E-state index contributed by atoms with van der Waals surface area (Å²) in [4.78, 5) is 29.1. The fourth-order valence-corrected chi connectivity index (χ4v) is 3.17. The first kappa shape index (κ1) is 22.3. The number of anilines is 1. The molecule has 1 saturated heterocycles. The van der Waals surface area contributed by atoms with E-state index in [1.165, 1.54) is 12.1 Å². The lowest BCUT2D eigenvalue weighted by Gasteiger charge is -2.36. The number of nitrogens with one attached hydrogen (secondary N) is 2. The van der Waals surface area contributed by atoms with E-state index in [0.29, 0.717) is 19.0 Å². The molecule has 3 rings (SSSR count). The fraction of sp³-hybridized carbons (Fsp3) is 0.400. The second kappa shape index (κ2) is 10.1. The molecule has 8 nitrogen and oxygen atoms in total. The van der Waals surface area contributed by atoms with Crippen LogP contribution in [0.5, 0.6) is 0 Å². The van der Waals surface area contributed by atoms with Crippen LogP contribution in [0.15, 0.2) is 47.7 Å². The molecule has 1 aliphatic heterocycles. The summed E-state index contributed by atoms with van der Waals surface area (Å²) in [5.74, 6) is 0.996. The summed E-state index contributed by atoms with van der Waals surface area (Å²) in [6.45, 7) is 3.74. The van der Waals surface area contributed by atoms with Gasteiger partial charge in [-0.2, -0.15) is 13.2 Å². The molecule has 0 spiro atoms. The van der Waals surface area contributed by atoms with Gasteiger partial charge >= 0.3 is 6.18 Å². The van der Waals surface area contributed by atoms with Gasteiger partial charge in [0.15, 0.2) is 5.96 Å². The molecule has 1 amide bonds. The van der Waals surface area contributed by atoms with Crippen LogP contribution in [0.4, 0.5) is 19.1 Å². The van der Waals surface area contributed by atoms with Crippen LogP contribution in [0.3, 0.4) is 0 Å². The largest absolute Gasteiger partial charge is 0.416 e. The number of hydrogen-bond acceptors (Lipinski definition) is 5. The summed E-state index contributed by atoms with van der Waals surface area (Å²) in [5.41, 5.74) is -0.606. The quantitative estimate of drug-likeness (QED) is 0.422. The lowest BCUT2D eigenvalue weighted by Crippen LogP contribution is -2.53. The first-order valence-electron chi connectivity index (χ1n) is 9.81. The summed E-state index contributed by atoms with van der Waals surface area (Å²) < 4.78 is 37.8. The molecular formula is C20H24F3N7O. The van der Waals surface area contributed by atoms with Crippen LogP contribution in [0, 0.1) is 0 Å². The second-order valence-corrected chi connectivity index (χ2v) is 6.83. The minimum Gasteiger partial charge on any atom is -0.354 e. The highest BCUT2D eigenvalue weighted by molar-refractivity contribution is 5.94. The molecule has 31 heavy (non-hydrogen) atoms. The molecule has 1 aliphatic rings. The summed E-state index contributed by atoms with van der Waals surface area (Å²) in [6.07, 6.45) is -0.989. The van der Waals surface area contributed by atoms with E-state index in [4.69, 9.17) is 0 Å². The van der Waals surface area contributed by atoms with E-state index in [9.17, 15) is 18.0 Å². The molecular weight excluding hydrogens is 411 g/mol. The number of benzene rings is 1. The van der Waals surface area contributed by atoms with Crippen LogP contribution in [-0.2, 0) is 6.18 Å². The number of aromatic nitrogens is 2. The number of carbonyl (C=O) groups is 1. The molecule has 2 heterocycles. The van der Waals surface area contributed by atoms with Crippen LogP contribution >= 0.6 is 0 Å². The van der Waals surface area contributed by atoms with Crippen molar-refractivity contribution in [3.05, 3.63) is 53.9 Å². The smallest absolute Gasteiger partial charge is 0.354 e. The van der Waals surface area contributed by atoms with Gasteiger partial charge in [-0.15, -0.1) is 0 Å². The molecule has 166 valence electrons. The number of hydrogen-bond donors (Lipinski definition) is 2. The van der Waals surface area contributed by atoms with Gasteiger partial charge in [-0.1, -0.05) is 0 Å². The maximum atomic E-state index is 12.6. The highest BCUT2D eigenvalue weighted by Gasteiger charge is 2.30. The minimum absolute atomic E-state index is 0.177. The minimum atomic E-state index is -4.42. The van der Waals surface area contributed by atoms with Crippen molar-refractivity contribution in [2.75, 3.05) is 51.2 Å². The third-order valence-corrected chi connectivity index (χ3v) is 4.79. The molecule has 11 heteroatoms. The average molecular weight is 435 g/mol. The third-order valence-electron chi connectivity index (χ3n) is 4.79. The van der Waals surface area contributed by atoms with Gasteiger partial charge < -0.3 is 20.4 Å². The Morgan fingerprint density at radius 3 is 2.23 bits per heavy atom. The topological polar surface area (TPSA) is 85.8 Å². The highest BCUT2D eigenvalue weighted by Crippen LogP contribution is 2.29. The molecule has 0 saturated carbocycles. The zero-order valence-electron chi connectivity index (χ0n) is 17.1. The predicted molar refractivity (Wildman–Crippen MR) is 111 cm³/mol. The Morgan fingerprint density at radius 1 is 1.03 bits per heavy atom. The first-order valence-corrected chi connectivity index (χ1v) is 9.81. The van der Waals surface area contributed by atoms with Gasteiger partial charge in [0, 0.05) is 64.3 Å². The number of amides is 1. The molecule has 2 N–H and O–H groups in total. The van der Waals surface area contributed by atoms with Gasteiger partial charge in [0.25, 0.3) is 5.91 Å². The van der Waals surface area contributed by atoms with E-state index in [1.807, 2.05) is 0 Å². The number of rotatable bonds is 5. The molecule has 0 unspecified atom stereocenters. The second-order valence-electron chi connectivity index (χ2n) is 6.83. The van der Waals surface area contributed by atoms with Gasteiger partial charge in [-0.05, 0) is 30.3 Å². The maximum Gasteiger partial charge on any atom is 0.416 e. The van der Waals surface area contributed by atoms with Crippen LogP contribution in [0.2, 0.25) is 0 Å². The van der Waals surface area contributed by atoms with Crippen LogP contribution in [0.25, 0.3) is 0 Å². The van der Waals surface area contributed by atoms with Crippen LogP contribution in [0.1, 0.15) is 15.9 Å². The van der Waals surface area contributed by atoms with Gasteiger partial charge in [0.1, 0.15) is 0 Å². The molecule has 0 aliphatic carbocycles. The molecule has 0 atom stereocenters. The van der Waals surface area contributed by atoms with Gasteiger partial charge in [0.05, 0.1) is 5.56 Å². The summed E-state index contributed by atoms with van der Waals surface area (Å²) in [5, 5.41) is 5.88. The maximum absolute atomic E-state index is 12.6. The summed E-state index contributed by atoms with van der Waals surface area (Å²) >= 11 is 0. The number of carbonyl (C=O) groups excluding carboxylic acids is 1. The Labute approximate surface area is 178 Å². The summed E-state index contributed by atoms with van der Waals surface area (Å²) in [7, 11) is 1.69. The summed E-state index contributed by atoms with van der Waals surface area (Å²) in [6, 6.07) is 5.91. The van der Waals surface area contributed by atoms with Gasteiger partial charge in [-0.3, -0.25) is 9.79 Å². The van der Waals surface area contributed by atoms with E-state index in [0.717, 1.165) is 44.3 Å². The van der Waals surface area contributed by atoms with Crippen molar-refractivity contribution in [1.29, 1.82) is 0 Å². The van der Waals surface area contributed by atoms with Crippen molar-refractivity contribution in [3.8, 4) is 0 Å². The zero-order chi connectivity index (χ0) is 22.3. The van der Waals surface area contributed by atoms with E-state index >= 15 is 0 Å². The number of nitrogens with zero attached hydrogens (tertiary/aromatic N) is 5. The van der Waals surface area contributed by atoms with E-state index in [1.54, 1.807) is 25.5 Å². The van der Waals surface area contributed by atoms with Crippen molar-refractivity contribution >= 4 is 17.8 Å². The van der Waals surface area contributed by atoms with Gasteiger partial charge in [-0.25, -0.2) is 9.97 Å². The zero-order valence-corrected chi connectivity index (χ0v) is 17.1. The van der Waals surface area contributed by atoms with E-state index < -0.39 is 17.6 Å². The lowest BCUT2D eigenvalue weighted by atomic mass is 10.1.